The van der Waals surface area contributed by atoms with Crippen LogP contribution in [0.5, 0.6) is 0 Å². The highest BCUT2D eigenvalue weighted by atomic mass is 31.2. The largest absolute Gasteiger partial charge is 0.334 e. The zero-order valence-electron chi connectivity index (χ0n) is 11.4. The quantitative estimate of drug-likeness (QED) is 0.497. The molecule has 0 heterocycles. The number of ketones is 1. The number of hydrogen-bond donors (Lipinski definition) is 0. The molecule has 0 saturated heterocycles. The van der Waals surface area contributed by atoms with Gasteiger partial charge >= 0.3 is 7.60 Å². The fourth-order valence-corrected chi connectivity index (χ4v) is 3.02. The third kappa shape index (κ3) is 6.16. The van der Waals surface area contributed by atoms with Crippen LogP contribution >= 0.6 is 7.60 Å². The Kier molecular flexibility index (Phi) is 7.60. The number of allylic oxidation sites excluding steroid dienone is 2. The first-order valence-corrected chi connectivity index (χ1v) is 7.68. The lowest BCUT2D eigenvalue weighted by atomic mass is 10.00. The molecule has 0 fully saturated rings. The van der Waals surface area contributed by atoms with Crippen molar-refractivity contribution in [3.8, 4) is 0 Å². The van der Waals surface area contributed by atoms with Gasteiger partial charge in [-0.3, -0.25) is 9.36 Å². The summed E-state index contributed by atoms with van der Waals surface area (Å²) in [5.74, 6) is 0.115. The molecule has 0 aliphatic rings. The molecule has 17 heavy (non-hydrogen) atoms. The van der Waals surface area contributed by atoms with Crippen LogP contribution in [-0.2, 0) is 18.4 Å². The number of hydrogen-bond acceptors (Lipinski definition) is 4. The second kappa shape index (κ2) is 7.80. The summed E-state index contributed by atoms with van der Waals surface area (Å²) in [6, 6.07) is 0. The molecular formula is C12H23O4P. The summed E-state index contributed by atoms with van der Waals surface area (Å²) in [6.07, 6.45) is 1.83. The van der Waals surface area contributed by atoms with Gasteiger partial charge in [0.15, 0.2) is 5.78 Å². The maximum atomic E-state index is 12.2. The van der Waals surface area contributed by atoms with Crippen molar-refractivity contribution in [2.45, 2.75) is 34.6 Å². The summed E-state index contributed by atoms with van der Waals surface area (Å²) >= 11 is 0. The van der Waals surface area contributed by atoms with Crippen molar-refractivity contribution in [1.82, 2.24) is 0 Å². The fraction of sp³-hybridized carbons (Fsp3) is 0.750. The topological polar surface area (TPSA) is 52.6 Å². The number of carbonyl (C=O) groups is 1. The molecule has 0 aliphatic heterocycles. The van der Waals surface area contributed by atoms with Crippen molar-refractivity contribution < 1.29 is 18.4 Å². The summed E-state index contributed by atoms with van der Waals surface area (Å²) in [6.45, 7) is 9.58. The van der Waals surface area contributed by atoms with E-state index in [-0.39, 0.29) is 17.9 Å². The molecule has 0 N–H and O–H groups in total. The van der Waals surface area contributed by atoms with Gasteiger partial charge in [0.1, 0.15) is 0 Å². The zero-order valence-corrected chi connectivity index (χ0v) is 12.3. The first-order chi connectivity index (χ1) is 7.86. The maximum absolute atomic E-state index is 12.2. The van der Waals surface area contributed by atoms with Gasteiger partial charge in [0.2, 0.25) is 0 Å². The summed E-state index contributed by atoms with van der Waals surface area (Å²) in [7, 11) is -3.08. The van der Waals surface area contributed by atoms with E-state index < -0.39 is 7.60 Å². The van der Waals surface area contributed by atoms with E-state index in [1.165, 1.54) is 6.92 Å². The highest BCUT2D eigenvalue weighted by molar-refractivity contribution is 7.54. The van der Waals surface area contributed by atoms with E-state index in [0.29, 0.717) is 18.8 Å². The van der Waals surface area contributed by atoms with Gasteiger partial charge in [-0.25, -0.2) is 0 Å². The van der Waals surface area contributed by atoms with E-state index in [4.69, 9.17) is 9.05 Å². The third-order valence-electron chi connectivity index (χ3n) is 2.21. The average Bonchev–Trinajstić information content (AvgIpc) is 2.17. The lowest BCUT2D eigenvalue weighted by molar-refractivity contribution is -0.114. The first-order valence-electron chi connectivity index (χ1n) is 5.95. The van der Waals surface area contributed by atoms with Crippen molar-refractivity contribution in [1.29, 1.82) is 0 Å². The molecule has 0 amide bonds. The predicted molar refractivity (Wildman–Crippen MR) is 69.3 cm³/mol. The Morgan fingerprint density at radius 3 is 2.00 bits per heavy atom. The van der Waals surface area contributed by atoms with Crippen molar-refractivity contribution in [3.05, 3.63) is 11.6 Å². The third-order valence-corrected chi connectivity index (χ3v) is 4.15. The van der Waals surface area contributed by atoms with Crippen LogP contribution in [0.1, 0.15) is 34.6 Å². The number of Topliss-reactive ketones (excluding diaryl/α,β-unsaturated/α-hetero) is 1. The lowest BCUT2D eigenvalue weighted by Gasteiger charge is -2.16. The van der Waals surface area contributed by atoms with E-state index in [1.54, 1.807) is 19.9 Å². The fourth-order valence-electron chi connectivity index (χ4n) is 1.53. The molecule has 0 saturated carbocycles. The number of rotatable bonds is 8. The second-order valence-electron chi connectivity index (χ2n) is 4.00. The molecule has 5 heteroatoms. The number of carbonyl (C=O) groups excluding carboxylic acids is 1. The minimum Gasteiger partial charge on any atom is -0.309 e. The normalized spacial score (nSPS) is 13.2. The molecule has 4 nitrogen and oxygen atoms in total. The summed E-state index contributed by atoms with van der Waals surface area (Å²) in [5.41, 5.74) is 0.671. The van der Waals surface area contributed by atoms with Crippen molar-refractivity contribution in [2.75, 3.05) is 19.4 Å². The molecule has 0 rings (SSSR count). The standard InChI is InChI=1S/C12H23O4P/c1-6-15-17(14,16-7-2)9-8-12(10(3)4)11(5)13/h8,10H,6-7,9H2,1-5H3/b12-8+. The molecule has 0 spiro atoms. The average molecular weight is 262 g/mol. The van der Waals surface area contributed by atoms with Crippen molar-refractivity contribution in [3.63, 3.8) is 0 Å². The molecule has 0 unspecified atom stereocenters. The minimum atomic E-state index is -3.08. The molecular weight excluding hydrogens is 239 g/mol. The summed E-state index contributed by atoms with van der Waals surface area (Å²) in [4.78, 5) is 11.4. The van der Waals surface area contributed by atoms with Crippen LogP contribution in [0.4, 0.5) is 0 Å². The molecule has 0 radical (unpaired) electrons. The van der Waals surface area contributed by atoms with Gasteiger partial charge in [0, 0.05) is 0 Å². The highest BCUT2D eigenvalue weighted by Crippen LogP contribution is 2.48. The van der Waals surface area contributed by atoms with Crippen LogP contribution in [0.15, 0.2) is 11.6 Å². The molecule has 100 valence electrons. The van der Waals surface area contributed by atoms with Gasteiger partial charge < -0.3 is 9.05 Å². The van der Waals surface area contributed by atoms with Crippen LogP contribution in [0.25, 0.3) is 0 Å². The minimum absolute atomic E-state index is 0.000420. The zero-order chi connectivity index (χ0) is 13.5. The van der Waals surface area contributed by atoms with Gasteiger partial charge in [-0.05, 0) is 32.3 Å². The molecule has 0 aromatic carbocycles. The van der Waals surface area contributed by atoms with Gasteiger partial charge in [0.05, 0.1) is 19.4 Å². The monoisotopic (exact) mass is 262 g/mol. The molecule has 0 bridgehead atoms. The summed E-state index contributed by atoms with van der Waals surface area (Å²) in [5, 5.41) is 0. The van der Waals surface area contributed by atoms with Gasteiger partial charge in [-0.1, -0.05) is 19.9 Å². The van der Waals surface area contributed by atoms with E-state index in [1.807, 2.05) is 13.8 Å². The van der Waals surface area contributed by atoms with Crippen LogP contribution < -0.4 is 0 Å². The Labute approximate surface area is 104 Å². The lowest BCUT2D eigenvalue weighted by Crippen LogP contribution is -2.06. The Balaban J connectivity index is 4.82. The first kappa shape index (κ1) is 16.6. The van der Waals surface area contributed by atoms with Crippen LogP contribution in [0.2, 0.25) is 0 Å². The molecule has 0 aliphatic carbocycles. The smallest absolute Gasteiger partial charge is 0.309 e. The van der Waals surface area contributed by atoms with E-state index in [0.717, 1.165) is 0 Å². The van der Waals surface area contributed by atoms with Gasteiger partial charge in [0.25, 0.3) is 0 Å². The highest BCUT2D eigenvalue weighted by Gasteiger charge is 2.22. The van der Waals surface area contributed by atoms with Crippen molar-refractivity contribution >= 4 is 13.4 Å². The molecule has 0 aromatic heterocycles. The molecule has 0 aromatic rings. The van der Waals surface area contributed by atoms with Crippen LogP contribution in [0, 0.1) is 5.92 Å². The SMILES string of the molecule is CCOP(=O)(C/C=C(/C(C)=O)C(C)C)OCC. The van der Waals surface area contributed by atoms with Crippen LogP contribution in [-0.4, -0.2) is 25.2 Å². The Morgan fingerprint density at radius 1 is 1.24 bits per heavy atom. The second-order valence-corrected chi connectivity index (χ2v) is 6.10. The van der Waals surface area contributed by atoms with E-state index in [2.05, 4.69) is 0 Å². The molecule has 0 atom stereocenters. The Morgan fingerprint density at radius 2 is 1.71 bits per heavy atom. The Bertz CT molecular complexity index is 310. The predicted octanol–water partition coefficient (Wildman–Crippen LogP) is 3.42. The van der Waals surface area contributed by atoms with E-state index in [9.17, 15) is 9.36 Å². The maximum Gasteiger partial charge on any atom is 0.334 e. The van der Waals surface area contributed by atoms with Crippen LogP contribution in [0.3, 0.4) is 0 Å². The summed E-state index contributed by atoms with van der Waals surface area (Å²) < 4.78 is 22.5. The Hall–Kier alpha value is -0.440. The van der Waals surface area contributed by atoms with E-state index >= 15 is 0 Å². The van der Waals surface area contributed by atoms with Gasteiger partial charge in [-0.2, -0.15) is 0 Å². The van der Waals surface area contributed by atoms with Gasteiger partial charge in [-0.15, -0.1) is 0 Å². The van der Waals surface area contributed by atoms with Crippen molar-refractivity contribution in [2.24, 2.45) is 5.92 Å².